The molecule has 0 saturated heterocycles. The highest BCUT2D eigenvalue weighted by molar-refractivity contribution is 6.34. The van der Waals surface area contributed by atoms with Gasteiger partial charge in [-0.15, -0.1) is 0 Å². The van der Waals surface area contributed by atoms with Crippen LogP contribution in [0.4, 0.5) is 11.4 Å². The first-order valence-corrected chi connectivity index (χ1v) is 9.53. The Balaban J connectivity index is 1.51. The van der Waals surface area contributed by atoms with E-state index in [4.69, 9.17) is 0 Å². The lowest BCUT2D eigenvalue weighted by Gasteiger charge is -2.15. The Morgan fingerprint density at radius 1 is 0.871 bits per heavy atom. The molecule has 4 rings (SSSR count). The molecule has 1 aliphatic rings. The smallest absolute Gasteiger partial charge is 0.309 e. The third-order valence-electron chi connectivity index (χ3n) is 4.95. The molecule has 0 saturated carbocycles. The predicted octanol–water partition coefficient (Wildman–Crippen LogP) is 3.46. The van der Waals surface area contributed by atoms with Crippen LogP contribution < -0.4 is 10.2 Å². The maximum atomic E-state index is 12.7. The van der Waals surface area contributed by atoms with E-state index < -0.39 is 11.8 Å². The molecule has 31 heavy (non-hydrogen) atoms. The molecule has 0 atom stereocenters. The molecule has 3 amide bonds. The van der Waals surface area contributed by atoms with Crippen molar-refractivity contribution >= 4 is 35.1 Å². The number of carbonyl (C=O) groups is 4. The molecular weight excluding hydrogens is 396 g/mol. The summed E-state index contributed by atoms with van der Waals surface area (Å²) in [5.74, 6) is -1.57. The molecule has 0 bridgehead atoms. The summed E-state index contributed by atoms with van der Waals surface area (Å²) in [5.41, 5.74) is 2.62. The van der Waals surface area contributed by atoms with E-state index >= 15 is 0 Å². The summed E-state index contributed by atoms with van der Waals surface area (Å²) in [6.07, 6.45) is 0.146. The molecule has 0 unspecified atom stereocenters. The van der Waals surface area contributed by atoms with Crippen molar-refractivity contribution in [1.82, 2.24) is 0 Å². The minimum absolute atomic E-state index is 0.146. The molecule has 3 aromatic rings. The standard InChI is InChI=1S/C24H18N2O5/c1-31-21(27)13-15-9-11-17(12-10-15)25-22(28)16-5-4-6-18(14-16)26-23(29)19-7-2-3-8-20(19)24(26)30/h2-12,14H,13H2,1H3,(H,25,28). The maximum absolute atomic E-state index is 12.7. The quantitative estimate of drug-likeness (QED) is 0.510. The summed E-state index contributed by atoms with van der Waals surface area (Å²) in [7, 11) is 1.33. The van der Waals surface area contributed by atoms with Gasteiger partial charge in [0.15, 0.2) is 0 Å². The number of fused-ring (bicyclic) bond motifs is 1. The minimum atomic E-state index is -0.417. The van der Waals surface area contributed by atoms with Gasteiger partial charge in [-0.05, 0) is 48.0 Å². The normalized spacial score (nSPS) is 12.5. The van der Waals surface area contributed by atoms with Gasteiger partial charge in [-0.1, -0.05) is 30.3 Å². The highest BCUT2D eigenvalue weighted by Crippen LogP contribution is 2.29. The topological polar surface area (TPSA) is 92.8 Å². The number of hydrogen-bond acceptors (Lipinski definition) is 5. The van der Waals surface area contributed by atoms with Gasteiger partial charge in [-0.3, -0.25) is 19.2 Å². The highest BCUT2D eigenvalue weighted by atomic mass is 16.5. The van der Waals surface area contributed by atoms with Gasteiger partial charge in [-0.2, -0.15) is 0 Å². The number of amides is 3. The van der Waals surface area contributed by atoms with Crippen molar-refractivity contribution in [3.05, 3.63) is 95.1 Å². The summed E-state index contributed by atoms with van der Waals surface area (Å²) < 4.78 is 4.64. The molecule has 7 nitrogen and oxygen atoms in total. The highest BCUT2D eigenvalue weighted by Gasteiger charge is 2.36. The largest absolute Gasteiger partial charge is 0.469 e. The van der Waals surface area contributed by atoms with Crippen LogP contribution in [-0.4, -0.2) is 30.8 Å². The van der Waals surface area contributed by atoms with Crippen LogP contribution in [0.5, 0.6) is 0 Å². The van der Waals surface area contributed by atoms with E-state index in [9.17, 15) is 19.2 Å². The van der Waals surface area contributed by atoms with Gasteiger partial charge in [0.1, 0.15) is 0 Å². The predicted molar refractivity (Wildman–Crippen MR) is 114 cm³/mol. The van der Waals surface area contributed by atoms with Crippen LogP contribution >= 0.6 is 0 Å². The zero-order valence-corrected chi connectivity index (χ0v) is 16.6. The first-order valence-electron chi connectivity index (χ1n) is 9.53. The lowest BCUT2D eigenvalue weighted by molar-refractivity contribution is -0.139. The number of carbonyl (C=O) groups excluding carboxylic acids is 4. The van der Waals surface area contributed by atoms with Crippen LogP contribution in [0.25, 0.3) is 0 Å². The molecule has 0 aliphatic carbocycles. The Kier molecular flexibility index (Phi) is 5.32. The SMILES string of the molecule is COC(=O)Cc1ccc(NC(=O)c2cccc(N3C(=O)c4ccccc4C3=O)c2)cc1. The third-order valence-corrected chi connectivity index (χ3v) is 4.95. The number of ether oxygens (including phenoxy) is 1. The second kappa shape index (κ2) is 8.23. The Bertz CT molecular complexity index is 1170. The number of hydrogen-bond donors (Lipinski definition) is 1. The van der Waals surface area contributed by atoms with Gasteiger partial charge in [0, 0.05) is 11.3 Å². The molecule has 0 radical (unpaired) electrons. The van der Waals surface area contributed by atoms with Crippen LogP contribution in [0.3, 0.4) is 0 Å². The summed E-state index contributed by atoms with van der Waals surface area (Å²) in [6, 6.07) is 19.8. The fourth-order valence-corrected chi connectivity index (χ4v) is 3.36. The molecule has 0 fully saturated rings. The molecule has 1 N–H and O–H groups in total. The molecule has 1 heterocycles. The van der Waals surface area contributed by atoms with Crippen molar-refractivity contribution in [3.63, 3.8) is 0 Å². The minimum Gasteiger partial charge on any atom is -0.469 e. The fourth-order valence-electron chi connectivity index (χ4n) is 3.36. The van der Waals surface area contributed by atoms with Gasteiger partial charge in [0.05, 0.1) is 30.3 Å². The van der Waals surface area contributed by atoms with E-state index in [0.717, 1.165) is 10.5 Å². The van der Waals surface area contributed by atoms with Gasteiger partial charge in [-0.25, -0.2) is 4.90 Å². The van der Waals surface area contributed by atoms with E-state index in [1.54, 1.807) is 66.7 Å². The number of esters is 1. The average molecular weight is 414 g/mol. The second-order valence-corrected chi connectivity index (χ2v) is 6.95. The molecule has 0 aromatic heterocycles. The average Bonchev–Trinajstić information content (AvgIpc) is 3.05. The van der Waals surface area contributed by atoms with Gasteiger partial charge in [0.2, 0.25) is 0 Å². The second-order valence-electron chi connectivity index (χ2n) is 6.95. The Hall–Kier alpha value is -4.26. The van der Waals surface area contributed by atoms with Crippen molar-refractivity contribution < 1.29 is 23.9 Å². The zero-order valence-electron chi connectivity index (χ0n) is 16.6. The van der Waals surface area contributed by atoms with E-state index in [2.05, 4.69) is 10.1 Å². The van der Waals surface area contributed by atoms with Crippen molar-refractivity contribution in [2.75, 3.05) is 17.3 Å². The Morgan fingerprint density at radius 3 is 2.13 bits per heavy atom. The number of anilines is 2. The van der Waals surface area contributed by atoms with Gasteiger partial charge >= 0.3 is 5.97 Å². The zero-order chi connectivity index (χ0) is 22.0. The van der Waals surface area contributed by atoms with Crippen molar-refractivity contribution in [3.8, 4) is 0 Å². The summed E-state index contributed by atoms with van der Waals surface area (Å²) >= 11 is 0. The van der Waals surface area contributed by atoms with Crippen molar-refractivity contribution in [2.45, 2.75) is 6.42 Å². The number of nitrogens with one attached hydrogen (secondary N) is 1. The van der Waals surface area contributed by atoms with E-state index in [1.165, 1.54) is 13.2 Å². The summed E-state index contributed by atoms with van der Waals surface area (Å²) in [6.45, 7) is 0. The first-order chi connectivity index (χ1) is 15.0. The number of methoxy groups -OCH3 is 1. The first kappa shape index (κ1) is 20.0. The van der Waals surface area contributed by atoms with E-state index in [0.29, 0.717) is 28.1 Å². The number of nitrogens with zero attached hydrogens (tertiary/aromatic N) is 1. The molecule has 0 spiro atoms. The molecule has 3 aromatic carbocycles. The third kappa shape index (κ3) is 3.93. The fraction of sp³-hybridized carbons (Fsp3) is 0.0833. The molecule has 154 valence electrons. The Morgan fingerprint density at radius 2 is 1.52 bits per heavy atom. The van der Waals surface area contributed by atoms with Crippen LogP contribution in [0.2, 0.25) is 0 Å². The van der Waals surface area contributed by atoms with Crippen LogP contribution in [0.1, 0.15) is 36.6 Å². The van der Waals surface area contributed by atoms with Crippen LogP contribution in [0, 0.1) is 0 Å². The monoisotopic (exact) mass is 414 g/mol. The van der Waals surface area contributed by atoms with Gasteiger partial charge < -0.3 is 10.1 Å². The molecular formula is C24H18N2O5. The van der Waals surface area contributed by atoms with Crippen LogP contribution in [-0.2, 0) is 16.0 Å². The number of benzene rings is 3. The summed E-state index contributed by atoms with van der Waals surface area (Å²) in [4.78, 5) is 50.5. The summed E-state index contributed by atoms with van der Waals surface area (Å²) in [5, 5.41) is 2.77. The van der Waals surface area contributed by atoms with Crippen molar-refractivity contribution in [1.29, 1.82) is 0 Å². The Labute approximate surface area is 178 Å². The molecule has 1 aliphatic heterocycles. The van der Waals surface area contributed by atoms with Gasteiger partial charge in [0.25, 0.3) is 17.7 Å². The van der Waals surface area contributed by atoms with E-state index in [-0.39, 0.29) is 18.3 Å². The lowest BCUT2D eigenvalue weighted by atomic mass is 10.1. The lowest BCUT2D eigenvalue weighted by Crippen LogP contribution is -2.29. The number of imide groups is 1. The van der Waals surface area contributed by atoms with E-state index in [1.807, 2.05) is 0 Å². The molecule has 7 heteroatoms. The van der Waals surface area contributed by atoms with Crippen molar-refractivity contribution in [2.24, 2.45) is 0 Å². The maximum Gasteiger partial charge on any atom is 0.309 e. The van der Waals surface area contributed by atoms with Crippen LogP contribution in [0.15, 0.2) is 72.8 Å². The number of rotatable bonds is 5.